The van der Waals surface area contributed by atoms with Crippen LogP contribution in [0.2, 0.25) is 0 Å². The third kappa shape index (κ3) is 3.75. The molecule has 31 heavy (non-hydrogen) atoms. The van der Waals surface area contributed by atoms with Crippen LogP contribution in [-0.2, 0) is 14.4 Å². The molecule has 6 nitrogen and oxygen atoms in total. The zero-order valence-electron chi connectivity index (χ0n) is 20.2. The standard InChI is InChI=1S/C25H43N3O3/c1-7-9-10-11-12-13-14-24(27)19(30)18(26)23(20(24)31)15-21(3,4)25(28,17(29)8-2)22(5,6)16-23/h8,18H,2,7,9-16,26-28H2,1,3-6H3. The van der Waals surface area contributed by atoms with Gasteiger partial charge < -0.3 is 17.2 Å². The quantitative estimate of drug-likeness (QED) is 0.291. The highest BCUT2D eigenvalue weighted by molar-refractivity contribution is 6.23. The summed E-state index contributed by atoms with van der Waals surface area (Å²) in [5, 5.41) is 0. The lowest BCUT2D eigenvalue weighted by Gasteiger charge is -2.61. The smallest absolute Gasteiger partial charge is 0.177 e. The molecule has 0 radical (unpaired) electrons. The second-order valence-electron chi connectivity index (χ2n) is 11.3. The lowest BCUT2D eigenvalue weighted by Crippen LogP contribution is -2.73. The molecule has 176 valence electrons. The Balaban J connectivity index is 2.35. The molecule has 0 aromatic heterocycles. The van der Waals surface area contributed by atoms with Crippen molar-refractivity contribution in [2.45, 2.75) is 110 Å². The van der Waals surface area contributed by atoms with Crippen molar-refractivity contribution in [2.24, 2.45) is 33.4 Å². The molecule has 0 heterocycles. The predicted octanol–water partition coefficient (Wildman–Crippen LogP) is 3.20. The number of Topliss-reactive ketones (excluding diaryl/α,β-unsaturated/α-hetero) is 2. The van der Waals surface area contributed by atoms with Gasteiger partial charge in [0.15, 0.2) is 17.3 Å². The molecule has 0 bridgehead atoms. The normalized spacial score (nSPS) is 30.5. The van der Waals surface area contributed by atoms with Crippen molar-refractivity contribution in [3.8, 4) is 0 Å². The van der Waals surface area contributed by atoms with Crippen LogP contribution in [0.5, 0.6) is 0 Å². The van der Waals surface area contributed by atoms with Gasteiger partial charge in [0.25, 0.3) is 0 Å². The summed E-state index contributed by atoms with van der Waals surface area (Å²) in [6, 6.07) is -0.980. The van der Waals surface area contributed by atoms with Gasteiger partial charge in [-0.1, -0.05) is 79.7 Å². The van der Waals surface area contributed by atoms with Crippen LogP contribution >= 0.6 is 0 Å². The minimum absolute atomic E-state index is 0.251. The van der Waals surface area contributed by atoms with Gasteiger partial charge in [0.05, 0.1) is 17.0 Å². The summed E-state index contributed by atoms with van der Waals surface area (Å²) < 4.78 is 0. The highest BCUT2D eigenvalue weighted by Crippen LogP contribution is 2.63. The highest BCUT2D eigenvalue weighted by atomic mass is 16.2. The molecule has 2 aliphatic rings. The maximum absolute atomic E-state index is 13.8. The highest BCUT2D eigenvalue weighted by Gasteiger charge is 2.73. The number of carbonyl (C=O) groups is 3. The van der Waals surface area contributed by atoms with Crippen LogP contribution in [0.3, 0.4) is 0 Å². The fourth-order valence-electron chi connectivity index (χ4n) is 6.69. The first kappa shape index (κ1) is 25.9. The molecule has 6 N–H and O–H groups in total. The van der Waals surface area contributed by atoms with Crippen LogP contribution < -0.4 is 17.2 Å². The maximum Gasteiger partial charge on any atom is 0.177 e. The van der Waals surface area contributed by atoms with E-state index in [4.69, 9.17) is 17.2 Å². The minimum atomic E-state index is -1.55. The van der Waals surface area contributed by atoms with Crippen LogP contribution in [0.4, 0.5) is 0 Å². The Labute approximate surface area is 187 Å². The molecule has 0 aromatic rings. The number of ketones is 3. The van der Waals surface area contributed by atoms with Crippen LogP contribution in [0, 0.1) is 16.2 Å². The number of nitrogens with two attached hydrogens (primary N) is 3. The minimum Gasteiger partial charge on any atom is -0.321 e. The Morgan fingerprint density at radius 2 is 1.48 bits per heavy atom. The van der Waals surface area contributed by atoms with E-state index in [1.165, 1.54) is 12.5 Å². The molecule has 2 aliphatic carbocycles. The first-order chi connectivity index (χ1) is 14.2. The van der Waals surface area contributed by atoms with E-state index in [9.17, 15) is 14.4 Å². The average Bonchev–Trinajstić information content (AvgIpc) is 2.81. The van der Waals surface area contributed by atoms with Crippen molar-refractivity contribution in [3.63, 3.8) is 0 Å². The van der Waals surface area contributed by atoms with E-state index < -0.39 is 33.4 Å². The van der Waals surface area contributed by atoms with E-state index in [2.05, 4.69) is 13.5 Å². The predicted molar refractivity (Wildman–Crippen MR) is 124 cm³/mol. The number of hydrogen-bond acceptors (Lipinski definition) is 6. The summed E-state index contributed by atoms with van der Waals surface area (Å²) in [6.45, 7) is 13.3. The number of rotatable bonds is 9. The molecule has 2 unspecified atom stereocenters. The lowest BCUT2D eigenvalue weighted by atomic mass is 9.43. The Hall–Kier alpha value is -1.37. The van der Waals surface area contributed by atoms with Gasteiger partial charge in [0.1, 0.15) is 5.54 Å². The molecule has 0 aliphatic heterocycles. The Morgan fingerprint density at radius 1 is 1.00 bits per heavy atom. The molecule has 0 aromatic carbocycles. The van der Waals surface area contributed by atoms with Crippen LogP contribution in [0.1, 0.15) is 92.4 Å². The molecule has 6 heteroatoms. The molecule has 2 saturated carbocycles. The van der Waals surface area contributed by atoms with Crippen molar-refractivity contribution in [3.05, 3.63) is 12.7 Å². The van der Waals surface area contributed by atoms with E-state index >= 15 is 0 Å². The van der Waals surface area contributed by atoms with Gasteiger partial charge in [-0.3, -0.25) is 14.4 Å². The van der Waals surface area contributed by atoms with E-state index in [0.29, 0.717) is 6.42 Å². The fourth-order valence-corrected chi connectivity index (χ4v) is 6.69. The van der Waals surface area contributed by atoms with Crippen molar-refractivity contribution in [2.75, 3.05) is 0 Å². The Bertz CT molecular complexity index is 737. The SMILES string of the molecule is C=CC(=O)C1(N)C(C)(C)CC2(CC1(C)C)C(=O)C(N)(CCCCCCCC)C(=O)C2N. The van der Waals surface area contributed by atoms with Crippen LogP contribution in [0.25, 0.3) is 0 Å². The average molecular weight is 434 g/mol. The van der Waals surface area contributed by atoms with Gasteiger partial charge in [-0.2, -0.15) is 0 Å². The number of hydrogen-bond donors (Lipinski definition) is 3. The second-order valence-corrected chi connectivity index (χ2v) is 11.3. The summed E-state index contributed by atoms with van der Waals surface area (Å²) in [4.78, 5) is 40.0. The molecule has 1 spiro atoms. The molecule has 0 saturated heterocycles. The van der Waals surface area contributed by atoms with Gasteiger partial charge >= 0.3 is 0 Å². The molecule has 2 fully saturated rings. The van der Waals surface area contributed by atoms with Gasteiger partial charge in [-0.25, -0.2) is 0 Å². The Morgan fingerprint density at radius 3 is 1.97 bits per heavy atom. The molecule has 2 rings (SSSR count). The maximum atomic E-state index is 13.8. The molecular formula is C25H43N3O3. The van der Waals surface area contributed by atoms with Crippen molar-refractivity contribution in [1.29, 1.82) is 0 Å². The number of unbranched alkanes of at least 4 members (excludes halogenated alkanes) is 5. The third-order valence-corrected chi connectivity index (χ3v) is 8.32. The second kappa shape index (κ2) is 8.53. The summed E-state index contributed by atoms with van der Waals surface area (Å²) >= 11 is 0. The van der Waals surface area contributed by atoms with Gasteiger partial charge in [0.2, 0.25) is 0 Å². The molecule has 0 amide bonds. The van der Waals surface area contributed by atoms with Crippen LogP contribution in [-0.4, -0.2) is 34.5 Å². The Kier molecular flexibility index (Phi) is 7.12. The zero-order chi connectivity index (χ0) is 23.9. The van der Waals surface area contributed by atoms with Crippen molar-refractivity contribution >= 4 is 17.3 Å². The topological polar surface area (TPSA) is 129 Å². The van der Waals surface area contributed by atoms with Gasteiger partial charge in [0, 0.05) is 0 Å². The molecular weight excluding hydrogens is 390 g/mol. The molecule has 2 atom stereocenters. The largest absolute Gasteiger partial charge is 0.321 e. The summed E-state index contributed by atoms with van der Waals surface area (Å²) in [6.07, 6.45) is 8.33. The monoisotopic (exact) mass is 433 g/mol. The number of carbonyl (C=O) groups excluding carboxylic acids is 3. The lowest BCUT2D eigenvalue weighted by molar-refractivity contribution is -0.155. The summed E-state index contributed by atoms with van der Waals surface area (Å²) in [5.41, 5.74) is 14.3. The van der Waals surface area contributed by atoms with Crippen molar-refractivity contribution in [1.82, 2.24) is 0 Å². The van der Waals surface area contributed by atoms with E-state index in [1.54, 1.807) is 0 Å². The third-order valence-electron chi connectivity index (χ3n) is 8.32. The van der Waals surface area contributed by atoms with E-state index in [-0.39, 0.29) is 30.2 Å². The first-order valence-corrected chi connectivity index (χ1v) is 11.8. The van der Waals surface area contributed by atoms with Crippen molar-refractivity contribution < 1.29 is 14.4 Å². The van der Waals surface area contributed by atoms with Crippen LogP contribution in [0.15, 0.2) is 12.7 Å². The van der Waals surface area contributed by atoms with E-state index in [0.717, 1.165) is 32.1 Å². The summed E-state index contributed by atoms with van der Waals surface area (Å²) in [5.74, 6) is -0.883. The summed E-state index contributed by atoms with van der Waals surface area (Å²) in [7, 11) is 0. The van der Waals surface area contributed by atoms with Gasteiger partial charge in [-0.05, 0) is 36.2 Å². The fraction of sp³-hybridized carbons (Fsp3) is 0.800. The van der Waals surface area contributed by atoms with Gasteiger partial charge in [-0.15, -0.1) is 0 Å². The first-order valence-electron chi connectivity index (χ1n) is 11.8. The zero-order valence-corrected chi connectivity index (χ0v) is 20.2. The van der Waals surface area contributed by atoms with E-state index in [1.807, 2.05) is 27.7 Å².